The van der Waals surface area contributed by atoms with Crippen LogP contribution < -0.4 is 10.1 Å². The summed E-state index contributed by atoms with van der Waals surface area (Å²) in [7, 11) is 3.02. The van der Waals surface area contributed by atoms with Crippen LogP contribution in [0.25, 0.3) is 0 Å². The van der Waals surface area contributed by atoms with Crippen LogP contribution in [0.15, 0.2) is 24.3 Å². The number of amides is 1. The Hall–Kier alpha value is -2.04. The Balaban J connectivity index is 2.89. The normalized spacial score (nSPS) is 11.6. The van der Waals surface area contributed by atoms with E-state index in [4.69, 9.17) is 9.84 Å². The molecule has 17 heavy (non-hydrogen) atoms. The first kappa shape index (κ1) is 13.0. The van der Waals surface area contributed by atoms with Crippen LogP contribution in [0.5, 0.6) is 5.75 Å². The number of hydrogen-bond donors (Lipinski definition) is 2. The number of aliphatic carboxylic acids is 1. The molecule has 1 unspecified atom stereocenters. The van der Waals surface area contributed by atoms with Gasteiger partial charge in [0.15, 0.2) is 0 Å². The Labute approximate surface area is 99.4 Å². The predicted molar refractivity (Wildman–Crippen MR) is 62.1 cm³/mol. The van der Waals surface area contributed by atoms with Crippen LogP contribution in [0.3, 0.4) is 0 Å². The fourth-order valence-corrected chi connectivity index (χ4v) is 1.47. The SMILES string of the molecule is CNC(=O)CC(C(=O)O)c1ccc(OC)cc1. The molecule has 1 aromatic rings. The van der Waals surface area contributed by atoms with Crippen molar-refractivity contribution < 1.29 is 19.4 Å². The highest BCUT2D eigenvalue weighted by atomic mass is 16.5. The number of nitrogens with one attached hydrogen (secondary N) is 1. The van der Waals surface area contributed by atoms with Crippen LogP contribution in [-0.4, -0.2) is 31.1 Å². The lowest BCUT2D eigenvalue weighted by Gasteiger charge is -2.12. The summed E-state index contributed by atoms with van der Waals surface area (Å²) in [5.41, 5.74) is 0.585. The number of hydrogen-bond acceptors (Lipinski definition) is 3. The summed E-state index contributed by atoms with van der Waals surface area (Å²) in [6.07, 6.45) is -0.0713. The molecule has 2 N–H and O–H groups in total. The standard InChI is InChI=1S/C12H15NO4/c1-13-11(14)7-10(12(15)16)8-3-5-9(17-2)6-4-8/h3-6,10H,7H2,1-2H3,(H,13,14)(H,15,16). The molecule has 0 aliphatic carbocycles. The van der Waals surface area contributed by atoms with Gasteiger partial charge in [-0.15, -0.1) is 0 Å². The lowest BCUT2D eigenvalue weighted by molar-refractivity contribution is -0.140. The van der Waals surface area contributed by atoms with E-state index in [-0.39, 0.29) is 12.3 Å². The zero-order valence-corrected chi connectivity index (χ0v) is 9.77. The topological polar surface area (TPSA) is 75.6 Å². The monoisotopic (exact) mass is 237 g/mol. The Bertz CT molecular complexity index is 399. The first-order valence-electron chi connectivity index (χ1n) is 5.15. The van der Waals surface area contributed by atoms with Crippen LogP contribution in [-0.2, 0) is 9.59 Å². The minimum absolute atomic E-state index is 0.0713. The molecule has 1 rings (SSSR count). The Morgan fingerprint density at radius 1 is 1.35 bits per heavy atom. The van der Waals surface area contributed by atoms with Gasteiger partial charge in [-0.1, -0.05) is 12.1 Å². The zero-order chi connectivity index (χ0) is 12.8. The second-order valence-electron chi connectivity index (χ2n) is 3.54. The molecule has 0 radical (unpaired) electrons. The van der Waals surface area contributed by atoms with Gasteiger partial charge < -0.3 is 15.2 Å². The average molecular weight is 237 g/mol. The molecule has 5 heteroatoms. The molecule has 0 heterocycles. The second-order valence-corrected chi connectivity index (χ2v) is 3.54. The second kappa shape index (κ2) is 5.89. The smallest absolute Gasteiger partial charge is 0.311 e. The number of carbonyl (C=O) groups is 2. The summed E-state index contributed by atoms with van der Waals surface area (Å²) in [6, 6.07) is 6.66. The number of rotatable bonds is 5. The summed E-state index contributed by atoms with van der Waals surface area (Å²) < 4.78 is 4.98. The maximum absolute atomic E-state index is 11.2. The van der Waals surface area contributed by atoms with Gasteiger partial charge in [0.05, 0.1) is 13.0 Å². The Morgan fingerprint density at radius 2 is 1.94 bits per heavy atom. The molecule has 1 aromatic carbocycles. The van der Waals surface area contributed by atoms with Gasteiger partial charge in [0.1, 0.15) is 5.75 Å². The van der Waals surface area contributed by atoms with Crippen LogP contribution >= 0.6 is 0 Å². The number of carboxylic acid groups (broad SMARTS) is 1. The van der Waals surface area contributed by atoms with Gasteiger partial charge in [-0.25, -0.2) is 0 Å². The Kier molecular flexibility index (Phi) is 4.51. The Morgan fingerprint density at radius 3 is 2.35 bits per heavy atom. The van der Waals surface area contributed by atoms with Crippen molar-refractivity contribution in [2.75, 3.05) is 14.2 Å². The van der Waals surface area contributed by atoms with E-state index in [0.29, 0.717) is 11.3 Å². The number of ether oxygens (including phenoxy) is 1. The highest BCUT2D eigenvalue weighted by Crippen LogP contribution is 2.22. The molecule has 1 amide bonds. The molecule has 0 aliphatic heterocycles. The lowest BCUT2D eigenvalue weighted by atomic mass is 9.95. The van der Waals surface area contributed by atoms with Gasteiger partial charge >= 0.3 is 5.97 Å². The third-order valence-corrected chi connectivity index (χ3v) is 2.48. The average Bonchev–Trinajstić information content (AvgIpc) is 2.35. The van der Waals surface area contributed by atoms with Gasteiger partial charge in [0, 0.05) is 13.5 Å². The van der Waals surface area contributed by atoms with E-state index >= 15 is 0 Å². The van der Waals surface area contributed by atoms with E-state index in [1.807, 2.05) is 0 Å². The largest absolute Gasteiger partial charge is 0.497 e. The predicted octanol–water partition coefficient (Wildman–Crippen LogP) is 0.999. The first-order chi connectivity index (χ1) is 8.08. The van der Waals surface area contributed by atoms with Crippen molar-refractivity contribution >= 4 is 11.9 Å². The van der Waals surface area contributed by atoms with Crippen molar-refractivity contribution in [3.63, 3.8) is 0 Å². The first-order valence-corrected chi connectivity index (χ1v) is 5.15. The molecule has 0 saturated carbocycles. The van der Waals surface area contributed by atoms with Gasteiger partial charge in [-0.2, -0.15) is 0 Å². The molecule has 0 saturated heterocycles. The minimum atomic E-state index is -1.02. The number of carboxylic acids is 1. The van der Waals surface area contributed by atoms with Crippen molar-refractivity contribution in [2.24, 2.45) is 0 Å². The quantitative estimate of drug-likeness (QED) is 0.801. The van der Waals surface area contributed by atoms with Crippen molar-refractivity contribution in [2.45, 2.75) is 12.3 Å². The molecule has 92 valence electrons. The fraction of sp³-hybridized carbons (Fsp3) is 0.333. The van der Waals surface area contributed by atoms with E-state index in [1.54, 1.807) is 24.3 Å². The third-order valence-electron chi connectivity index (χ3n) is 2.48. The highest BCUT2D eigenvalue weighted by Gasteiger charge is 2.22. The van der Waals surface area contributed by atoms with Crippen LogP contribution in [0, 0.1) is 0 Å². The summed E-state index contributed by atoms with van der Waals surface area (Å²) in [5.74, 6) is -1.49. The van der Waals surface area contributed by atoms with Gasteiger partial charge in [0.25, 0.3) is 0 Å². The van der Waals surface area contributed by atoms with Crippen LogP contribution in [0.1, 0.15) is 17.9 Å². The number of benzene rings is 1. The highest BCUT2D eigenvalue weighted by molar-refractivity contribution is 5.85. The molecule has 5 nitrogen and oxygen atoms in total. The van der Waals surface area contributed by atoms with E-state index in [9.17, 15) is 9.59 Å². The molecule has 0 bridgehead atoms. The van der Waals surface area contributed by atoms with Gasteiger partial charge in [0.2, 0.25) is 5.91 Å². The molecular formula is C12H15NO4. The molecule has 0 aromatic heterocycles. The molecule has 1 atom stereocenters. The van der Waals surface area contributed by atoms with Crippen molar-refractivity contribution in [1.29, 1.82) is 0 Å². The minimum Gasteiger partial charge on any atom is -0.497 e. The van der Waals surface area contributed by atoms with Crippen molar-refractivity contribution in [3.05, 3.63) is 29.8 Å². The van der Waals surface area contributed by atoms with E-state index in [2.05, 4.69) is 5.32 Å². The van der Waals surface area contributed by atoms with Crippen LogP contribution in [0.2, 0.25) is 0 Å². The zero-order valence-electron chi connectivity index (χ0n) is 9.77. The third kappa shape index (κ3) is 3.48. The van der Waals surface area contributed by atoms with Gasteiger partial charge in [-0.05, 0) is 17.7 Å². The lowest BCUT2D eigenvalue weighted by Crippen LogP contribution is -2.24. The number of methoxy groups -OCH3 is 1. The summed E-state index contributed by atoms with van der Waals surface area (Å²) in [6.45, 7) is 0. The van der Waals surface area contributed by atoms with Crippen molar-refractivity contribution in [1.82, 2.24) is 5.32 Å². The summed E-state index contributed by atoms with van der Waals surface area (Å²) in [5, 5.41) is 11.5. The maximum Gasteiger partial charge on any atom is 0.311 e. The molecule has 0 fully saturated rings. The van der Waals surface area contributed by atoms with Crippen LogP contribution in [0.4, 0.5) is 0 Å². The fourth-order valence-electron chi connectivity index (χ4n) is 1.47. The van der Waals surface area contributed by atoms with Crippen molar-refractivity contribution in [3.8, 4) is 5.75 Å². The van der Waals surface area contributed by atoms with E-state index in [1.165, 1.54) is 14.2 Å². The molecule has 0 aliphatic rings. The molecular weight excluding hydrogens is 222 g/mol. The van der Waals surface area contributed by atoms with E-state index < -0.39 is 11.9 Å². The molecule has 0 spiro atoms. The number of carbonyl (C=O) groups excluding carboxylic acids is 1. The summed E-state index contributed by atoms with van der Waals surface area (Å²) in [4.78, 5) is 22.3. The van der Waals surface area contributed by atoms with Gasteiger partial charge in [-0.3, -0.25) is 9.59 Å². The summed E-state index contributed by atoms with van der Waals surface area (Å²) >= 11 is 0. The van der Waals surface area contributed by atoms with E-state index in [0.717, 1.165) is 0 Å². The maximum atomic E-state index is 11.2.